The van der Waals surface area contributed by atoms with Crippen LogP contribution in [0.15, 0.2) is 112 Å². The van der Waals surface area contributed by atoms with Crippen molar-refractivity contribution in [2.45, 2.75) is 14.7 Å². The third-order valence-electron chi connectivity index (χ3n) is 4.44. The second-order valence-electron chi connectivity index (χ2n) is 6.55. The highest BCUT2D eigenvalue weighted by molar-refractivity contribution is 7.97. The summed E-state index contributed by atoms with van der Waals surface area (Å²) in [5.74, 6) is -5.34. The van der Waals surface area contributed by atoms with E-state index in [0.29, 0.717) is 12.1 Å². The lowest BCUT2D eigenvalue weighted by Crippen LogP contribution is -2.12. The lowest BCUT2D eigenvalue weighted by molar-refractivity contribution is 0.0726. The molecule has 2 nitrogen and oxygen atoms in total. The number of rotatable bonds is 5. The Morgan fingerprint density at radius 3 is 1.77 bits per heavy atom. The molecule has 0 aliphatic rings. The van der Waals surface area contributed by atoms with E-state index >= 15 is 0 Å². The van der Waals surface area contributed by atoms with Crippen molar-refractivity contribution in [3.05, 3.63) is 120 Å². The molecule has 0 fully saturated rings. The Hall–Kier alpha value is -3.51. The van der Waals surface area contributed by atoms with Crippen molar-refractivity contribution in [1.29, 1.82) is 0 Å². The molecule has 0 saturated carbocycles. The molecule has 0 saturated heterocycles. The van der Waals surface area contributed by atoms with E-state index in [1.807, 2.05) is 66.7 Å². The predicted molar refractivity (Wildman–Crippen MR) is 113 cm³/mol. The zero-order valence-corrected chi connectivity index (χ0v) is 16.9. The van der Waals surface area contributed by atoms with E-state index < -0.39 is 40.1 Å². The van der Waals surface area contributed by atoms with Gasteiger partial charge in [-0.1, -0.05) is 42.5 Å². The Kier molecular flexibility index (Phi) is 6.09. The number of carbonyl (C=O) groups excluding carboxylic acids is 1. The molecule has 0 spiro atoms. The number of esters is 1. The van der Waals surface area contributed by atoms with Crippen LogP contribution < -0.4 is 4.74 Å². The SMILES string of the molecule is O=C(Oc1cc(F)c(F)cc1F)c1cccc([S+](c2ccccc2)c2ccccc2)c1. The lowest BCUT2D eigenvalue weighted by atomic mass is 10.2. The van der Waals surface area contributed by atoms with Gasteiger partial charge in [-0.25, -0.2) is 18.0 Å². The van der Waals surface area contributed by atoms with Crippen LogP contribution in [-0.4, -0.2) is 5.97 Å². The maximum Gasteiger partial charge on any atom is 0.343 e. The topological polar surface area (TPSA) is 26.3 Å². The molecule has 0 bridgehead atoms. The summed E-state index contributed by atoms with van der Waals surface area (Å²) < 4.78 is 45.4. The predicted octanol–water partition coefficient (Wildman–Crippen LogP) is 6.42. The Balaban J connectivity index is 1.69. The molecule has 0 radical (unpaired) electrons. The van der Waals surface area contributed by atoms with Crippen molar-refractivity contribution in [1.82, 2.24) is 0 Å². The van der Waals surface area contributed by atoms with Gasteiger partial charge in [-0.2, -0.15) is 0 Å². The highest BCUT2D eigenvalue weighted by atomic mass is 32.2. The van der Waals surface area contributed by atoms with Gasteiger partial charge in [-0.15, -0.1) is 0 Å². The highest BCUT2D eigenvalue weighted by Gasteiger charge is 2.29. The van der Waals surface area contributed by atoms with Gasteiger partial charge in [0, 0.05) is 18.2 Å². The van der Waals surface area contributed by atoms with Gasteiger partial charge in [0.1, 0.15) is 0 Å². The Morgan fingerprint density at radius 1 is 0.613 bits per heavy atom. The van der Waals surface area contributed by atoms with Crippen LogP contribution in [0.25, 0.3) is 0 Å². The highest BCUT2D eigenvalue weighted by Crippen LogP contribution is 2.31. The number of halogens is 3. The summed E-state index contributed by atoms with van der Waals surface area (Å²) in [6.45, 7) is 0. The molecule has 4 aromatic rings. The first-order chi connectivity index (χ1) is 15.0. The van der Waals surface area contributed by atoms with Crippen LogP contribution in [0.4, 0.5) is 13.2 Å². The molecular weight excluding hydrogens is 421 g/mol. The molecule has 0 aliphatic carbocycles. The third kappa shape index (κ3) is 4.64. The molecule has 0 aliphatic heterocycles. The summed E-state index contributed by atoms with van der Waals surface area (Å²) >= 11 is 0. The van der Waals surface area contributed by atoms with Crippen molar-refractivity contribution in [2.24, 2.45) is 0 Å². The number of ether oxygens (including phenoxy) is 1. The van der Waals surface area contributed by atoms with Crippen molar-refractivity contribution in [3.8, 4) is 5.75 Å². The van der Waals surface area contributed by atoms with Crippen molar-refractivity contribution in [3.63, 3.8) is 0 Å². The molecule has 4 aromatic carbocycles. The molecule has 0 heterocycles. The number of hydrogen-bond donors (Lipinski definition) is 0. The fourth-order valence-corrected chi connectivity index (χ4v) is 5.15. The summed E-state index contributed by atoms with van der Waals surface area (Å²) in [4.78, 5) is 15.6. The number of benzene rings is 4. The van der Waals surface area contributed by atoms with E-state index in [-0.39, 0.29) is 5.56 Å². The van der Waals surface area contributed by atoms with Crippen molar-refractivity contribution < 1.29 is 22.7 Å². The molecule has 0 amide bonds. The van der Waals surface area contributed by atoms with Gasteiger partial charge in [-0.3, -0.25) is 0 Å². The molecule has 0 unspecified atom stereocenters. The monoisotopic (exact) mass is 437 g/mol. The average Bonchev–Trinajstić information content (AvgIpc) is 2.79. The van der Waals surface area contributed by atoms with Crippen LogP contribution in [0.5, 0.6) is 5.75 Å². The van der Waals surface area contributed by atoms with E-state index in [9.17, 15) is 18.0 Å². The van der Waals surface area contributed by atoms with Gasteiger partial charge >= 0.3 is 5.97 Å². The van der Waals surface area contributed by atoms with E-state index in [1.165, 1.54) is 6.07 Å². The average molecular weight is 437 g/mol. The van der Waals surface area contributed by atoms with E-state index in [0.717, 1.165) is 14.7 Å². The molecule has 6 heteroatoms. The maximum atomic E-state index is 13.9. The molecule has 0 atom stereocenters. The summed E-state index contributed by atoms with van der Waals surface area (Å²) in [5.41, 5.74) is 0.172. The quantitative estimate of drug-likeness (QED) is 0.156. The largest absolute Gasteiger partial charge is 0.420 e. The Bertz CT molecular complexity index is 1170. The molecule has 154 valence electrons. The summed E-state index contributed by atoms with van der Waals surface area (Å²) in [7, 11) is -0.491. The summed E-state index contributed by atoms with van der Waals surface area (Å²) in [5, 5.41) is 0. The zero-order valence-electron chi connectivity index (χ0n) is 16.1. The van der Waals surface area contributed by atoms with Gasteiger partial charge in [-0.05, 0) is 36.4 Å². The fourth-order valence-electron chi connectivity index (χ4n) is 3.01. The van der Waals surface area contributed by atoms with E-state index in [2.05, 4.69) is 0 Å². The standard InChI is InChI=1S/C25H16F3O2S/c26-21-15-23(28)24(16-22(21)27)30-25(29)17-8-7-13-20(14-17)31(18-9-3-1-4-10-18)19-11-5-2-6-12-19/h1-16H/q+1. The van der Waals surface area contributed by atoms with Gasteiger partial charge < -0.3 is 4.74 Å². The summed E-state index contributed by atoms with van der Waals surface area (Å²) in [6, 6.07) is 27.4. The van der Waals surface area contributed by atoms with Gasteiger partial charge in [0.15, 0.2) is 37.9 Å². The smallest absolute Gasteiger partial charge is 0.343 e. The number of hydrogen-bond acceptors (Lipinski definition) is 2. The van der Waals surface area contributed by atoms with Crippen LogP contribution in [0, 0.1) is 17.5 Å². The third-order valence-corrected chi connectivity index (χ3v) is 6.65. The van der Waals surface area contributed by atoms with Crippen LogP contribution in [0.1, 0.15) is 10.4 Å². The first-order valence-corrected chi connectivity index (χ1v) is 10.6. The lowest BCUT2D eigenvalue weighted by Gasteiger charge is -2.10. The van der Waals surface area contributed by atoms with E-state index in [1.54, 1.807) is 12.1 Å². The minimum Gasteiger partial charge on any atom is -0.420 e. The molecule has 0 N–H and O–H groups in total. The molecular formula is C25H16F3O2S+. The second-order valence-corrected chi connectivity index (χ2v) is 8.57. The first kappa shape index (κ1) is 20.8. The normalized spacial score (nSPS) is 10.8. The molecule has 31 heavy (non-hydrogen) atoms. The second kappa shape index (κ2) is 9.10. The van der Waals surface area contributed by atoms with Crippen LogP contribution in [0.3, 0.4) is 0 Å². The number of carbonyl (C=O) groups is 1. The van der Waals surface area contributed by atoms with Gasteiger partial charge in [0.05, 0.1) is 16.5 Å². The van der Waals surface area contributed by atoms with Crippen LogP contribution >= 0.6 is 0 Å². The van der Waals surface area contributed by atoms with E-state index in [4.69, 9.17) is 4.74 Å². The van der Waals surface area contributed by atoms with Crippen molar-refractivity contribution >= 4 is 16.9 Å². The maximum absolute atomic E-state index is 13.9. The minimum absolute atomic E-state index is 0.172. The van der Waals surface area contributed by atoms with Crippen LogP contribution in [0.2, 0.25) is 0 Å². The Morgan fingerprint density at radius 2 is 1.16 bits per heavy atom. The first-order valence-electron chi connectivity index (χ1n) is 9.34. The minimum atomic E-state index is -1.35. The molecule has 4 rings (SSSR count). The van der Waals surface area contributed by atoms with Gasteiger partial charge in [0.2, 0.25) is 0 Å². The Labute approximate surface area is 180 Å². The van der Waals surface area contributed by atoms with Crippen LogP contribution in [-0.2, 0) is 10.9 Å². The van der Waals surface area contributed by atoms with Gasteiger partial charge in [0.25, 0.3) is 0 Å². The van der Waals surface area contributed by atoms with Crippen molar-refractivity contribution in [2.75, 3.05) is 0 Å². The zero-order chi connectivity index (χ0) is 21.8. The fraction of sp³-hybridized carbons (Fsp3) is 0. The summed E-state index contributed by atoms with van der Waals surface area (Å²) in [6.07, 6.45) is 0. The molecule has 0 aromatic heterocycles.